The predicted octanol–water partition coefficient (Wildman–Crippen LogP) is 3.99. The summed E-state index contributed by atoms with van der Waals surface area (Å²) >= 11 is 3.38. The Balaban J connectivity index is 1.84. The van der Waals surface area contributed by atoms with E-state index in [0.29, 0.717) is 0 Å². The van der Waals surface area contributed by atoms with Crippen LogP contribution in [-0.4, -0.2) is 24.1 Å². The Morgan fingerprint density at radius 1 is 1.11 bits per heavy atom. The van der Waals surface area contributed by atoms with Crippen LogP contribution >= 0.6 is 22.7 Å². The molecule has 0 saturated carbocycles. The third kappa shape index (κ3) is 2.67. The van der Waals surface area contributed by atoms with Gasteiger partial charge in [-0.1, -0.05) is 23.5 Å². The van der Waals surface area contributed by atoms with Crippen molar-refractivity contribution in [1.29, 1.82) is 0 Å². The van der Waals surface area contributed by atoms with Crippen LogP contribution in [0.25, 0.3) is 22.4 Å². The molecule has 0 aliphatic heterocycles. The number of aromatic nitrogens is 2. The van der Waals surface area contributed by atoms with E-state index in [4.69, 9.17) is 0 Å². The van der Waals surface area contributed by atoms with Crippen molar-refractivity contribution in [3.05, 3.63) is 40.3 Å². The van der Waals surface area contributed by atoms with E-state index in [2.05, 4.69) is 28.2 Å². The SMILES string of the molecule is CN(C)c1ncc(C=Cc2nc3ccccc3s2)s1. The highest BCUT2D eigenvalue weighted by Gasteiger charge is 2.02. The van der Waals surface area contributed by atoms with Gasteiger partial charge in [0.1, 0.15) is 5.01 Å². The third-order valence-electron chi connectivity index (χ3n) is 2.59. The Labute approximate surface area is 119 Å². The monoisotopic (exact) mass is 287 g/mol. The highest BCUT2D eigenvalue weighted by Crippen LogP contribution is 2.25. The Morgan fingerprint density at radius 2 is 1.95 bits per heavy atom. The minimum Gasteiger partial charge on any atom is -0.354 e. The summed E-state index contributed by atoms with van der Waals surface area (Å²) in [6.07, 6.45) is 6.02. The van der Waals surface area contributed by atoms with Gasteiger partial charge in [0.15, 0.2) is 5.13 Å². The standard InChI is InChI=1S/C14H13N3S2/c1-17(2)14-15-9-10(18-14)7-8-13-16-11-5-3-4-6-12(11)19-13/h3-9H,1-2H3. The second-order valence-electron chi connectivity index (χ2n) is 4.29. The van der Waals surface area contributed by atoms with E-state index in [1.165, 1.54) is 4.70 Å². The van der Waals surface area contributed by atoms with Crippen molar-refractivity contribution in [3.8, 4) is 0 Å². The molecule has 0 amide bonds. The van der Waals surface area contributed by atoms with Crippen molar-refractivity contribution < 1.29 is 0 Å². The molecule has 19 heavy (non-hydrogen) atoms. The Bertz CT molecular complexity index is 692. The summed E-state index contributed by atoms with van der Waals surface area (Å²) in [5.74, 6) is 0. The van der Waals surface area contributed by atoms with Gasteiger partial charge in [0.2, 0.25) is 0 Å². The van der Waals surface area contributed by atoms with Crippen LogP contribution in [0.3, 0.4) is 0 Å². The predicted molar refractivity (Wildman–Crippen MR) is 85.0 cm³/mol. The molecule has 3 aromatic rings. The molecule has 1 aromatic carbocycles. The van der Waals surface area contributed by atoms with Gasteiger partial charge in [0.05, 0.1) is 10.2 Å². The van der Waals surface area contributed by atoms with Crippen molar-refractivity contribution in [2.75, 3.05) is 19.0 Å². The summed E-state index contributed by atoms with van der Waals surface area (Å²) < 4.78 is 1.22. The van der Waals surface area contributed by atoms with Gasteiger partial charge in [-0.05, 0) is 24.3 Å². The van der Waals surface area contributed by atoms with Gasteiger partial charge in [0, 0.05) is 25.2 Å². The van der Waals surface area contributed by atoms with Gasteiger partial charge in [0.25, 0.3) is 0 Å². The zero-order valence-electron chi connectivity index (χ0n) is 10.7. The van der Waals surface area contributed by atoms with Crippen molar-refractivity contribution in [2.24, 2.45) is 0 Å². The van der Waals surface area contributed by atoms with E-state index < -0.39 is 0 Å². The van der Waals surface area contributed by atoms with Gasteiger partial charge in [-0.25, -0.2) is 9.97 Å². The first kappa shape index (κ1) is 12.3. The van der Waals surface area contributed by atoms with Crippen LogP contribution in [0.4, 0.5) is 5.13 Å². The Kier molecular flexibility index (Phi) is 3.31. The van der Waals surface area contributed by atoms with Crippen LogP contribution in [0.2, 0.25) is 0 Å². The molecule has 2 heterocycles. The lowest BCUT2D eigenvalue weighted by atomic mass is 10.3. The normalized spacial score (nSPS) is 11.5. The molecule has 3 rings (SSSR count). The molecule has 0 fully saturated rings. The van der Waals surface area contributed by atoms with Crippen molar-refractivity contribution in [3.63, 3.8) is 0 Å². The van der Waals surface area contributed by atoms with E-state index in [0.717, 1.165) is 20.5 Å². The van der Waals surface area contributed by atoms with Crippen LogP contribution in [0.5, 0.6) is 0 Å². The van der Waals surface area contributed by atoms with Crippen molar-refractivity contribution in [2.45, 2.75) is 0 Å². The van der Waals surface area contributed by atoms with Gasteiger partial charge in [-0.3, -0.25) is 0 Å². The van der Waals surface area contributed by atoms with Crippen LogP contribution in [-0.2, 0) is 0 Å². The third-order valence-corrected chi connectivity index (χ3v) is 4.73. The first-order valence-electron chi connectivity index (χ1n) is 5.89. The molecule has 5 heteroatoms. The number of para-hydroxylation sites is 1. The highest BCUT2D eigenvalue weighted by molar-refractivity contribution is 7.19. The van der Waals surface area contributed by atoms with E-state index in [1.807, 2.05) is 43.4 Å². The lowest BCUT2D eigenvalue weighted by Gasteiger charge is -2.04. The van der Waals surface area contributed by atoms with Crippen LogP contribution in [0.15, 0.2) is 30.5 Å². The molecule has 0 radical (unpaired) electrons. The molecule has 0 bridgehead atoms. The Hall–Kier alpha value is -1.72. The largest absolute Gasteiger partial charge is 0.354 e. The average molecular weight is 287 g/mol. The zero-order chi connectivity index (χ0) is 13.2. The second kappa shape index (κ2) is 5.11. The topological polar surface area (TPSA) is 29.0 Å². The summed E-state index contributed by atoms with van der Waals surface area (Å²) in [4.78, 5) is 12.1. The van der Waals surface area contributed by atoms with Crippen molar-refractivity contribution in [1.82, 2.24) is 9.97 Å². The minimum absolute atomic E-state index is 1.02. The maximum Gasteiger partial charge on any atom is 0.185 e. The lowest BCUT2D eigenvalue weighted by molar-refractivity contribution is 1.10. The first-order valence-corrected chi connectivity index (χ1v) is 7.52. The molecule has 0 aliphatic rings. The molecule has 96 valence electrons. The van der Waals surface area contributed by atoms with E-state index in [1.54, 1.807) is 22.7 Å². The highest BCUT2D eigenvalue weighted by atomic mass is 32.1. The average Bonchev–Trinajstić information content (AvgIpc) is 3.02. The fourth-order valence-electron chi connectivity index (χ4n) is 1.68. The maximum absolute atomic E-state index is 4.58. The number of hydrogen-bond donors (Lipinski definition) is 0. The maximum atomic E-state index is 4.58. The lowest BCUT2D eigenvalue weighted by Crippen LogP contribution is -2.07. The number of benzene rings is 1. The van der Waals surface area contributed by atoms with Crippen LogP contribution in [0, 0.1) is 0 Å². The summed E-state index contributed by atoms with van der Waals surface area (Å²) in [6.45, 7) is 0. The number of anilines is 1. The molecular weight excluding hydrogens is 274 g/mol. The van der Waals surface area contributed by atoms with Crippen LogP contribution in [0.1, 0.15) is 9.88 Å². The molecular formula is C14H13N3S2. The van der Waals surface area contributed by atoms with Crippen LogP contribution < -0.4 is 4.90 Å². The van der Waals surface area contributed by atoms with E-state index >= 15 is 0 Å². The smallest absolute Gasteiger partial charge is 0.185 e. The molecule has 2 aromatic heterocycles. The summed E-state index contributed by atoms with van der Waals surface area (Å²) in [6, 6.07) is 8.20. The zero-order valence-corrected chi connectivity index (χ0v) is 12.3. The quantitative estimate of drug-likeness (QED) is 0.729. The number of fused-ring (bicyclic) bond motifs is 1. The number of nitrogens with zero attached hydrogens (tertiary/aromatic N) is 3. The molecule has 0 saturated heterocycles. The molecule has 0 aliphatic carbocycles. The summed E-state index contributed by atoms with van der Waals surface area (Å²) in [5.41, 5.74) is 1.06. The fraction of sp³-hybridized carbons (Fsp3) is 0.143. The summed E-state index contributed by atoms with van der Waals surface area (Å²) in [5, 5.41) is 2.05. The molecule has 0 N–H and O–H groups in total. The summed E-state index contributed by atoms with van der Waals surface area (Å²) in [7, 11) is 4.00. The molecule has 0 unspecified atom stereocenters. The number of hydrogen-bond acceptors (Lipinski definition) is 5. The first-order chi connectivity index (χ1) is 9.22. The fourth-order valence-corrected chi connectivity index (χ4v) is 3.29. The number of rotatable bonds is 3. The second-order valence-corrected chi connectivity index (χ2v) is 6.40. The van der Waals surface area contributed by atoms with E-state index in [-0.39, 0.29) is 0 Å². The van der Waals surface area contributed by atoms with Gasteiger partial charge < -0.3 is 4.90 Å². The Morgan fingerprint density at radius 3 is 2.68 bits per heavy atom. The van der Waals surface area contributed by atoms with Crippen molar-refractivity contribution >= 4 is 50.2 Å². The molecule has 0 atom stereocenters. The van der Waals surface area contributed by atoms with Gasteiger partial charge in [-0.2, -0.15) is 0 Å². The van der Waals surface area contributed by atoms with Gasteiger partial charge in [-0.15, -0.1) is 11.3 Å². The molecule has 3 nitrogen and oxygen atoms in total. The molecule has 0 spiro atoms. The van der Waals surface area contributed by atoms with E-state index in [9.17, 15) is 0 Å². The number of thiazole rings is 2. The minimum atomic E-state index is 1.02. The van der Waals surface area contributed by atoms with Gasteiger partial charge >= 0.3 is 0 Å².